The molecule has 2 aromatic rings. The first-order valence-corrected chi connectivity index (χ1v) is 8.11. The molecule has 0 aliphatic carbocycles. The quantitative estimate of drug-likeness (QED) is 0.775. The molecular weight excluding hydrogens is 316 g/mol. The van der Waals surface area contributed by atoms with Crippen molar-refractivity contribution in [2.75, 3.05) is 12.0 Å². The maximum Gasteiger partial charge on any atom is 0.334 e. The maximum atomic E-state index is 12.3. The molecule has 0 amide bonds. The predicted octanol–water partition coefficient (Wildman–Crippen LogP) is 0.746. The van der Waals surface area contributed by atoms with Crippen LogP contribution in [0.1, 0.15) is 25.8 Å². The van der Waals surface area contributed by atoms with Crippen LogP contribution in [0.4, 0.5) is 5.82 Å². The summed E-state index contributed by atoms with van der Waals surface area (Å²) in [5.41, 5.74) is 0.451. The van der Waals surface area contributed by atoms with Crippen LogP contribution in [0.15, 0.2) is 33.9 Å². The summed E-state index contributed by atoms with van der Waals surface area (Å²) in [6, 6.07) is 7.46. The lowest BCUT2D eigenvalue weighted by Crippen LogP contribution is -3.16. The lowest BCUT2D eigenvalue weighted by atomic mass is 10.1. The summed E-state index contributed by atoms with van der Waals surface area (Å²) in [5, 5.41) is 3.80. The predicted molar refractivity (Wildman–Crippen MR) is 90.6 cm³/mol. The maximum absolute atomic E-state index is 12.3. The Morgan fingerprint density at radius 3 is 2.87 bits per heavy atom. The van der Waals surface area contributed by atoms with Gasteiger partial charge in [0.1, 0.15) is 17.9 Å². The molecule has 1 aromatic carbocycles. The van der Waals surface area contributed by atoms with E-state index in [0.717, 1.165) is 6.42 Å². The van der Waals surface area contributed by atoms with Gasteiger partial charge in [-0.3, -0.25) is 9.78 Å². The fourth-order valence-corrected chi connectivity index (χ4v) is 3.09. The fourth-order valence-electron chi connectivity index (χ4n) is 2.91. The van der Waals surface area contributed by atoms with Crippen molar-refractivity contribution in [3.05, 3.63) is 55.7 Å². The smallest absolute Gasteiger partial charge is 0.324 e. The summed E-state index contributed by atoms with van der Waals surface area (Å²) in [6.45, 7) is 5.55. The van der Waals surface area contributed by atoms with Crippen LogP contribution in [-0.4, -0.2) is 22.3 Å². The molecule has 1 aliphatic heterocycles. The summed E-state index contributed by atoms with van der Waals surface area (Å²) < 4.78 is 1.48. The highest BCUT2D eigenvalue weighted by Crippen LogP contribution is 2.19. The second kappa shape index (κ2) is 6.22. The van der Waals surface area contributed by atoms with Gasteiger partial charge in [0.15, 0.2) is 6.67 Å². The van der Waals surface area contributed by atoms with Crippen molar-refractivity contribution < 1.29 is 4.90 Å². The Kier molecular flexibility index (Phi) is 4.28. The van der Waals surface area contributed by atoms with Gasteiger partial charge in [0, 0.05) is 5.02 Å². The number of nitrogens with zero attached hydrogens (tertiary/aromatic N) is 1. The number of hydrogen-bond donors (Lipinski definition) is 3. The lowest BCUT2D eigenvalue weighted by molar-refractivity contribution is -0.935. The number of fused-ring (bicyclic) bond motifs is 1. The summed E-state index contributed by atoms with van der Waals surface area (Å²) in [5.74, 6) is 0.563. The van der Waals surface area contributed by atoms with Crippen LogP contribution in [-0.2, 0) is 6.54 Å². The molecular formula is C16H20ClN4O2+. The molecule has 3 rings (SSSR count). The standard InChI is InChI=1S/C16H19ClN4O2/c1-3-10(2)20-8-13-14(18-9-20)21(16(23)19-15(13)22)12-6-4-5-11(17)7-12/h4-7,10,18H,3,8-9H2,1-2H3,(H,19,22,23)/p+1/t10-/m1/s1. The molecule has 0 fully saturated rings. The highest BCUT2D eigenvalue weighted by atomic mass is 35.5. The van der Waals surface area contributed by atoms with Crippen molar-refractivity contribution in [1.29, 1.82) is 0 Å². The minimum absolute atomic E-state index is 0.323. The third-order valence-electron chi connectivity index (χ3n) is 4.47. The lowest BCUT2D eigenvalue weighted by Gasteiger charge is -2.31. The normalized spacial score (nSPS) is 18.1. The minimum atomic E-state index is -0.462. The van der Waals surface area contributed by atoms with Gasteiger partial charge in [-0.15, -0.1) is 0 Å². The van der Waals surface area contributed by atoms with E-state index in [2.05, 4.69) is 24.1 Å². The molecule has 122 valence electrons. The molecule has 0 bridgehead atoms. The van der Waals surface area contributed by atoms with Crippen LogP contribution in [0, 0.1) is 0 Å². The van der Waals surface area contributed by atoms with Gasteiger partial charge in [0.25, 0.3) is 5.56 Å². The molecule has 2 atom stereocenters. The topological polar surface area (TPSA) is 71.3 Å². The van der Waals surface area contributed by atoms with E-state index in [-0.39, 0.29) is 5.56 Å². The number of nitrogens with one attached hydrogen (secondary N) is 3. The van der Waals surface area contributed by atoms with Gasteiger partial charge < -0.3 is 10.2 Å². The first kappa shape index (κ1) is 15.8. The molecule has 6 nitrogen and oxygen atoms in total. The average Bonchev–Trinajstić information content (AvgIpc) is 2.54. The number of rotatable bonds is 3. The van der Waals surface area contributed by atoms with E-state index in [4.69, 9.17) is 11.6 Å². The van der Waals surface area contributed by atoms with Crippen LogP contribution in [0.25, 0.3) is 5.69 Å². The highest BCUT2D eigenvalue weighted by molar-refractivity contribution is 6.30. The zero-order valence-electron chi connectivity index (χ0n) is 13.1. The third-order valence-corrected chi connectivity index (χ3v) is 4.70. The number of H-pyrrole nitrogens is 1. The van der Waals surface area contributed by atoms with E-state index in [9.17, 15) is 9.59 Å². The Bertz CT molecular complexity index is 843. The SMILES string of the molecule is CC[C@@H](C)[NH+]1CNc2c(c(=O)[nH]c(=O)n2-c2cccc(Cl)c2)C1. The van der Waals surface area contributed by atoms with Crippen molar-refractivity contribution in [3.8, 4) is 5.69 Å². The zero-order valence-corrected chi connectivity index (χ0v) is 13.9. The number of benzene rings is 1. The largest absolute Gasteiger partial charge is 0.334 e. The molecule has 1 aliphatic rings. The molecule has 0 radical (unpaired) electrons. The number of aromatic amines is 1. The van der Waals surface area contributed by atoms with Crippen LogP contribution in [0.5, 0.6) is 0 Å². The van der Waals surface area contributed by atoms with Gasteiger partial charge in [0.05, 0.1) is 11.7 Å². The van der Waals surface area contributed by atoms with Gasteiger partial charge in [0.2, 0.25) is 0 Å². The molecule has 0 spiro atoms. The highest BCUT2D eigenvalue weighted by Gasteiger charge is 2.28. The second-order valence-electron chi connectivity index (χ2n) is 5.90. The first-order valence-electron chi connectivity index (χ1n) is 7.74. The van der Waals surface area contributed by atoms with Crippen LogP contribution >= 0.6 is 11.6 Å². The average molecular weight is 336 g/mol. The summed E-state index contributed by atoms with van der Waals surface area (Å²) in [7, 11) is 0. The molecule has 3 N–H and O–H groups in total. The summed E-state index contributed by atoms with van der Waals surface area (Å²) >= 11 is 6.03. The molecule has 7 heteroatoms. The van der Waals surface area contributed by atoms with Crippen LogP contribution in [0.2, 0.25) is 5.02 Å². The van der Waals surface area contributed by atoms with Gasteiger partial charge >= 0.3 is 5.69 Å². The third kappa shape index (κ3) is 2.92. The van der Waals surface area contributed by atoms with Crippen molar-refractivity contribution in [3.63, 3.8) is 0 Å². The van der Waals surface area contributed by atoms with Crippen molar-refractivity contribution in [2.45, 2.75) is 32.9 Å². The molecule has 0 saturated heterocycles. The Morgan fingerprint density at radius 2 is 2.17 bits per heavy atom. The van der Waals surface area contributed by atoms with Gasteiger partial charge in [-0.05, 0) is 31.5 Å². The van der Waals surface area contributed by atoms with E-state index < -0.39 is 5.69 Å². The molecule has 0 saturated carbocycles. The van der Waals surface area contributed by atoms with E-state index in [1.54, 1.807) is 24.3 Å². The Labute approximate surface area is 138 Å². The van der Waals surface area contributed by atoms with E-state index in [1.807, 2.05) is 0 Å². The van der Waals surface area contributed by atoms with Crippen molar-refractivity contribution >= 4 is 17.4 Å². The zero-order chi connectivity index (χ0) is 16.6. The molecule has 1 aromatic heterocycles. The van der Waals surface area contributed by atoms with Gasteiger partial charge in [-0.25, -0.2) is 9.36 Å². The first-order chi connectivity index (χ1) is 11.0. The van der Waals surface area contributed by atoms with Gasteiger partial charge in [-0.1, -0.05) is 24.6 Å². The number of anilines is 1. The van der Waals surface area contributed by atoms with Crippen molar-refractivity contribution in [2.24, 2.45) is 0 Å². The molecule has 23 heavy (non-hydrogen) atoms. The van der Waals surface area contributed by atoms with E-state index >= 15 is 0 Å². The summed E-state index contributed by atoms with van der Waals surface area (Å²) in [4.78, 5) is 28.3. The number of hydrogen-bond acceptors (Lipinski definition) is 3. The number of quaternary nitrogens is 1. The summed E-state index contributed by atoms with van der Waals surface area (Å²) in [6.07, 6.45) is 1.03. The number of halogens is 1. The van der Waals surface area contributed by atoms with E-state index in [1.165, 1.54) is 9.47 Å². The van der Waals surface area contributed by atoms with Crippen LogP contribution < -0.4 is 21.5 Å². The second-order valence-corrected chi connectivity index (χ2v) is 6.34. The minimum Gasteiger partial charge on any atom is -0.324 e. The fraction of sp³-hybridized carbons (Fsp3) is 0.375. The molecule has 1 unspecified atom stereocenters. The van der Waals surface area contributed by atoms with E-state index in [0.29, 0.717) is 41.3 Å². The number of aromatic nitrogens is 2. The Hall–Kier alpha value is -2.05. The van der Waals surface area contributed by atoms with Crippen LogP contribution in [0.3, 0.4) is 0 Å². The molecule has 2 heterocycles. The monoisotopic (exact) mass is 335 g/mol. The Morgan fingerprint density at radius 1 is 1.39 bits per heavy atom. The van der Waals surface area contributed by atoms with Gasteiger partial charge in [-0.2, -0.15) is 0 Å². The Balaban J connectivity index is 2.14. The van der Waals surface area contributed by atoms with Crippen molar-refractivity contribution in [1.82, 2.24) is 9.55 Å².